The first kappa shape index (κ1) is 17.2. The molecule has 0 aromatic carbocycles. The molecule has 10 heteroatoms. The number of nitrogens with one attached hydrogen (secondary N) is 1. The molecule has 1 amide bonds. The molecule has 2 aromatic heterocycles. The van der Waals surface area contributed by atoms with E-state index in [-0.39, 0.29) is 15.5 Å². The molecular formula is C14H14ClN3O4S2. The Kier molecular flexibility index (Phi) is 5.04. The summed E-state index contributed by atoms with van der Waals surface area (Å²) in [6.07, 6.45) is 1.19. The lowest BCUT2D eigenvalue weighted by Crippen LogP contribution is -2.37. The van der Waals surface area contributed by atoms with Crippen LogP contribution in [0.25, 0.3) is 0 Å². The molecule has 3 rings (SSSR count). The van der Waals surface area contributed by atoms with E-state index in [1.165, 1.54) is 23.6 Å². The van der Waals surface area contributed by atoms with Gasteiger partial charge in [-0.05, 0) is 17.5 Å². The monoisotopic (exact) mass is 387 g/mol. The Balaban J connectivity index is 1.80. The van der Waals surface area contributed by atoms with Gasteiger partial charge in [-0.1, -0.05) is 11.6 Å². The van der Waals surface area contributed by atoms with Crippen LogP contribution in [0.1, 0.15) is 10.4 Å². The number of rotatable bonds is 4. The Labute approximate surface area is 148 Å². The predicted molar refractivity (Wildman–Crippen MR) is 91.3 cm³/mol. The summed E-state index contributed by atoms with van der Waals surface area (Å²) in [4.78, 5) is 17.8. The van der Waals surface area contributed by atoms with Crippen LogP contribution in [0.15, 0.2) is 34.0 Å². The van der Waals surface area contributed by atoms with Crippen molar-refractivity contribution < 1.29 is 17.9 Å². The molecule has 1 N–H and O–H groups in total. The smallest absolute Gasteiger partial charge is 0.265 e. The van der Waals surface area contributed by atoms with E-state index in [2.05, 4.69) is 4.98 Å². The molecule has 1 fully saturated rings. The van der Waals surface area contributed by atoms with Crippen molar-refractivity contribution in [2.75, 3.05) is 31.2 Å². The second-order valence-corrected chi connectivity index (χ2v) is 7.89. The largest absolute Gasteiger partial charge is 0.378 e. The van der Waals surface area contributed by atoms with Crippen molar-refractivity contribution in [3.8, 4) is 0 Å². The lowest BCUT2D eigenvalue weighted by atomic mass is 10.3. The summed E-state index contributed by atoms with van der Waals surface area (Å²) in [5, 5.41) is 3.47. The highest BCUT2D eigenvalue weighted by Gasteiger charge is 2.22. The zero-order chi connectivity index (χ0) is 17.2. The number of hydrogen-bond acceptors (Lipinski definition) is 7. The second-order valence-electron chi connectivity index (χ2n) is 5.02. The number of hydrogen-bond donors (Lipinski definition) is 1. The van der Waals surface area contributed by atoms with Crippen LogP contribution in [0.5, 0.6) is 0 Å². The van der Waals surface area contributed by atoms with Crippen molar-refractivity contribution in [3.63, 3.8) is 0 Å². The lowest BCUT2D eigenvalue weighted by molar-refractivity contribution is 0.0982. The number of carbonyl (C=O) groups excluding carboxylic acids is 1. The molecule has 0 unspecified atom stereocenters. The number of thiophene rings is 1. The Morgan fingerprint density at radius 3 is 2.75 bits per heavy atom. The van der Waals surface area contributed by atoms with E-state index in [4.69, 9.17) is 16.3 Å². The Bertz CT molecular complexity index is 834. The maximum Gasteiger partial charge on any atom is 0.265 e. The van der Waals surface area contributed by atoms with Crippen molar-refractivity contribution in [1.82, 2.24) is 9.71 Å². The Morgan fingerprint density at radius 2 is 2.12 bits per heavy atom. The van der Waals surface area contributed by atoms with E-state index in [0.29, 0.717) is 32.1 Å². The average Bonchev–Trinajstić information content (AvgIpc) is 3.10. The molecule has 1 saturated heterocycles. The number of halogens is 1. The zero-order valence-electron chi connectivity index (χ0n) is 12.4. The van der Waals surface area contributed by atoms with Crippen LogP contribution < -0.4 is 9.62 Å². The molecule has 0 aliphatic carbocycles. The van der Waals surface area contributed by atoms with E-state index < -0.39 is 15.9 Å². The van der Waals surface area contributed by atoms with Gasteiger partial charge in [-0.15, -0.1) is 0 Å². The van der Waals surface area contributed by atoms with E-state index in [1.807, 2.05) is 9.62 Å². The number of amides is 1. The maximum atomic E-state index is 12.3. The minimum atomic E-state index is -4.04. The summed E-state index contributed by atoms with van der Waals surface area (Å²) in [7, 11) is -4.04. The highest BCUT2D eigenvalue weighted by atomic mass is 35.5. The van der Waals surface area contributed by atoms with Crippen molar-refractivity contribution >= 4 is 44.7 Å². The van der Waals surface area contributed by atoms with Crippen LogP contribution in [-0.4, -0.2) is 45.6 Å². The van der Waals surface area contributed by atoms with E-state index in [1.54, 1.807) is 16.8 Å². The van der Waals surface area contributed by atoms with Gasteiger partial charge >= 0.3 is 0 Å². The molecule has 0 atom stereocenters. The quantitative estimate of drug-likeness (QED) is 0.859. The summed E-state index contributed by atoms with van der Waals surface area (Å²) in [6.45, 7) is 2.39. The Morgan fingerprint density at radius 1 is 1.38 bits per heavy atom. The first-order valence-corrected chi connectivity index (χ1v) is 9.85. The number of ether oxygens (including phenoxy) is 1. The number of anilines is 1. The van der Waals surface area contributed by atoms with Crippen molar-refractivity contribution in [3.05, 3.63) is 39.7 Å². The normalized spacial score (nSPS) is 15.3. The third kappa shape index (κ3) is 3.69. The molecule has 2 aromatic rings. The van der Waals surface area contributed by atoms with Crippen molar-refractivity contribution in [2.24, 2.45) is 0 Å². The third-order valence-corrected chi connectivity index (χ3v) is 5.69. The summed E-state index contributed by atoms with van der Waals surface area (Å²) in [5.41, 5.74) is 0.285. The molecule has 24 heavy (non-hydrogen) atoms. The fraction of sp³-hybridized carbons (Fsp3) is 0.286. The minimum Gasteiger partial charge on any atom is -0.378 e. The van der Waals surface area contributed by atoms with Gasteiger partial charge in [0.25, 0.3) is 15.9 Å². The van der Waals surface area contributed by atoms with Gasteiger partial charge in [-0.2, -0.15) is 11.3 Å². The number of carbonyl (C=O) groups is 1. The molecule has 1 aliphatic heterocycles. The molecule has 0 radical (unpaired) electrons. The molecule has 0 spiro atoms. The van der Waals surface area contributed by atoms with Gasteiger partial charge in [0.2, 0.25) is 0 Å². The first-order valence-electron chi connectivity index (χ1n) is 7.05. The number of morpholine rings is 1. The van der Waals surface area contributed by atoms with E-state index >= 15 is 0 Å². The third-order valence-electron chi connectivity index (χ3n) is 3.43. The van der Waals surface area contributed by atoms with Crippen molar-refractivity contribution in [2.45, 2.75) is 4.90 Å². The SMILES string of the molecule is O=C(NS(=O)(=O)c1cnc(N2CCOCC2)c(Cl)c1)c1ccsc1. The van der Waals surface area contributed by atoms with Crippen molar-refractivity contribution in [1.29, 1.82) is 0 Å². The highest BCUT2D eigenvalue weighted by Crippen LogP contribution is 2.26. The first-order chi connectivity index (χ1) is 11.5. The minimum absolute atomic E-state index is 0.159. The van der Waals surface area contributed by atoms with Gasteiger partial charge in [-0.25, -0.2) is 18.1 Å². The molecule has 3 heterocycles. The van der Waals surface area contributed by atoms with Crippen LogP contribution in [0.3, 0.4) is 0 Å². The van der Waals surface area contributed by atoms with E-state index in [9.17, 15) is 13.2 Å². The van der Waals surface area contributed by atoms with Crippen LogP contribution in [0.4, 0.5) is 5.82 Å². The zero-order valence-corrected chi connectivity index (χ0v) is 14.8. The average molecular weight is 388 g/mol. The fourth-order valence-electron chi connectivity index (χ4n) is 2.20. The van der Waals surface area contributed by atoms with Crippen LogP contribution >= 0.6 is 22.9 Å². The lowest BCUT2D eigenvalue weighted by Gasteiger charge is -2.28. The van der Waals surface area contributed by atoms with Gasteiger partial charge in [-0.3, -0.25) is 4.79 Å². The predicted octanol–water partition coefficient (Wildman–Crippen LogP) is 1.75. The Hall–Kier alpha value is -1.68. The number of sulfonamides is 1. The number of aromatic nitrogens is 1. The summed E-state index contributed by atoms with van der Waals surface area (Å²) >= 11 is 7.49. The van der Waals surface area contributed by atoms with Gasteiger partial charge in [0.1, 0.15) is 10.7 Å². The molecule has 1 aliphatic rings. The fourth-order valence-corrected chi connectivity index (χ4v) is 4.13. The van der Waals surface area contributed by atoms with Crippen LogP contribution in [0, 0.1) is 0 Å². The molecular weight excluding hydrogens is 374 g/mol. The second kappa shape index (κ2) is 7.06. The summed E-state index contributed by atoms with van der Waals surface area (Å²) in [6, 6.07) is 2.84. The van der Waals surface area contributed by atoms with Gasteiger partial charge in [0.05, 0.1) is 23.8 Å². The topological polar surface area (TPSA) is 88.6 Å². The maximum absolute atomic E-state index is 12.3. The summed E-state index contributed by atoms with van der Waals surface area (Å²) in [5.74, 6) is -0.187. The molecule has 0 saturated carbocycles. The van der Waals surface area contributed by atoms with Gasteiger partial charge in [0, 0.05) is 24.7 Å². The number of nitrogens with zero attached hydrogens (tertiary/aromatic N) is 2. The van der Waals surface area contributed by atoms with Crippen LogP contribution in [-0.2, 0) is 14.8 Å². The molecule has 128 valence electrons. The van der Waals surface area contributed by atoms with Gasteiger partial charge < -0.3 is 9.64 Å². The van der Waals surface area contributed by atoms with Crippen LogP contribution in [0.2, 0.25) is 5.02 Å². The molecule has 7 nitrogen and oxygen atoms in total. The van der Waals surface area contributed by atoms with E-state index in [0.717, 1.165) is 0 Å². The molecule has 0 bridgehead atoms. The van der Waals surface area contributed by atoms with Gasteiger partial charge in [0.15, 0.2) is 0 Å². The highest BCUT2D eigenvalue weighted by molar-refractivity contribution is 7.90. The number of pyridine rings is 1. The standard InChI is InChI=1S/C14H14ClN3O4S2/c15-12-7-11(8-16-13(12)18-2-4-22-5-3-18)24(20,21)17-14(19)10-1-6-23-9-10/h1,6-9H,2-5H2,(H,17,19). The summed E-state index contributed by atoms with van der Waals surface area (Å²) < 4.78 is 31.9.